The van der Waals surface area contributed by atoms with Gasteiger partial charge in [0.25, 0.3) is 5.91 Å². The molecule has 3 heterocycles. The minimum absolute atomic E-state index is 0.0856. The summed E-state index contributed by atoms with van der Waals surface area (Å²) in [4.78, 5) is 13.3. The fraction of sp³-hybridized carbons (Fsp3) is 0.286. The van der Waals surface area contributed by atoms with E-state index in [0.29, 0.717) is 12.0 Å². The summed E-state index contributed by atoms with van der Waals surface area (Å²) < 4.78 is 16.8. The molecule has 1 amide bonds. The van der Waals surface area contributed by atoms with Crippen LogP contribution in [0, 0.1) is 0 Å². The maximum absolute atomic E-state index is 13.3. The van der Waals surface area contributed by atoms with Gasteiger partial charge in [0, 0.05) is 17.4 Å². The molecule has 29 heavy (non-hydrogen) atoms. The number of para-hydroxylation sites is 1. The molecule has 2 aliphatic rings. The van der Waals surface area contributed by atoms with Crippen molar-refractivity contribution < 1.29 is 28.7 Å². The van der Waals surface area contributed by atoms with E-state index in [0.717, 1.165) is 28.5 Å². The Bertz CT molecular complexity index is 1070. The van der Waals surface area contributed by atoms with Crippen LogP contribution >= 0.6 is 0 Å². The molecule has 1 aromatic heterocycles. The highest BCUT2D eigenvalue weighted by molar-refractivity contribution is 6.32. The lowest BCUT2D eigenvalue weighted by Gasteiger charge is -2.28. The second kappa shape index (κ2) is 7.00. The van der Waals surface area contributed by atoms with Gasteiger partial charge in [-0.3, -0.25) is 4.79 Å². The summed E-state index contributed by atoms with van der Waals surface area (Å²) in [5.41, 5.74) is 2.34. The molecule has 2 aliphatic heterocycles. The van der Waals surface area contributed by atoms with Gasteiger partial charge in [0.15, 0.2) is 5.60 Å². The Morgan fingerprint density at radius 1 is 1.24 bits per heavy atom. The first-order valence-electron chi connectivity index (χ1n) is 9.62. The van der Waals surface area contributed by atoms with Crippen LogP contribution in [0.3, 0.4) is 0 Å². The number of hydrogen-bond donors (Lipinski definition) is 3. The van der Waals surface area contributed by atoms with Crippen molar-refractivity contribution in [1.29, 1.82) is 0 Å². The van der Waals surface area contributed by atoms with Crippen LogP contribution < -0.4 is 5.32 Å². The molecule has 5 rings (SSSR count). The van der Waals surface area contributed by atoms with E-state index in [1.54, 1.807) is 6.26 Å². The zero-order valence-corrected chi connectivity index (χ0v) is 15.6. The molecule has 3 N–H and O–H groups in total. The van der Waals surface area contributed by atoms with Crippen LogP contribution in [-0.4, -0.2) is 29.5 Å². The van der Waals surface area contributed by atoms with Crippen molar-refractivity contribution in [3.05, 3.63) is 71.5 Å². The van der Waals surface area contributed by atoms with Crippen molar-refractivity contribution in [2.75, 3.05) is 0 Å². The molecule has 148 valence electrons. The summed E-state index contributed by atoms with van der Waals surface area (Å²) >= 11 is 0. The van der Waals surface area contributed by atoms with E-state index >= 15 is 0 Å². The number of furan rings is 1. The van der Waals surface area contributed by atoms with E-state index in [1.807, 2.05) is 48.5 Å². The Morgan fingerprint density at radius 3 is 2.90 bits per heavy atom. The smallest absolute Gasteiger partial charge is 0.464 e. The van der Waals surface area contributed by atoms with E-state index in [4.69, 9.17) is 13.8 Å². The Morgan fingerprint density at radius 2 is 2.03 bits per heavy atom. The molecule has 0 unspecified atom stereocenters. The second-order valence-corrected chi connectivity index (χ2v) is 7.45. The van der Waals surface area contributed by atoms with Crippen LogP contribution in [0.25, 0.3) is 11.0 Å². The topological polar surface area (TPSA) is 101 Å². The van der Waals surface area contributed by atoms with Gasteiger partial charge >= 0.3 is 7.32 Å². The summed E-state index contributed by atoms with van der Waals surface area (Å²) in [6, 6.07) is 15.2. The molecule has 7 nitrogen and oxygen atoms in total. The highest BCUT2D eigenvalue weighted by Gasteiger charge is 2.55. The lowest BCUT2D eigenvalue weighted by Crippen LogP contribution is -2.50. The molecule has 2 aromatic carbocycles. The molecule has 0 aliphatic carbocycles. The molecule has 2 bridgehead atoms. The SMILES string of the molecule is O=C(N[C@H](Cc1coc2ccccc12)OB(O)O)[C@@]12CC[C@@H](O1)c1ccccc12. The van der Waals surface area contributed by atoms with Crippen LogP contribution in [0.1, 0.15) is 35.6 Å². The van der Waals surface area contributed by atoms with Gasteiger partial charge in [-0.05, 0) is 30.0 Å². The van der Waals surface area contributed by atoms with Gasteiger partial charge in [0.2, 0.25) is 0 Å². The minimum atomic E-state index is -2.02. The summed E-state index contributed by atoms with van der Waals surface area (Å²) in [7, 11) is -2.02. The first kappa shape index (κ1) is 18.4. The normalized spacial score (nSPS) is 23.2. The number of nitrogens with one attached hydrogen (secondary N) is 1. The number of amides is 1. The van der Waals surface area contributed by atoms with E-state index in [-0.39, 0.29) is 18.4 Å². The summed E-state index contributed by atoms with van der Waals surface area (Å²) in [6.45, 7) is 0. The molecule has 1 saturated heterocycles. The first-order valence-corrected chi connectivity index (χ1v) is 9.62. The lowest BCUT2D eigenvalue weighted by molar-refractivity contribution is -0.147. The van der Waals surface area contributed by atoms with E-state index < -0.39 is 19.2 Å². The molecular weight excluding hydrogens is 373 g/mol. The third-order valence-electron chi connectivity index (χ3n) is 5.76. The molecular formula is C21H20BNO6. The molecule has 3 aromatic rings. The van der Waals surface area contributed by atoms with Crippen LogP contribution in [0.2, 0.25) is 0 Å². The highest BCUT2D eigenvalue weighted by Crippen LogP contribution is 2.54. The number of fused-ring (bicyclic) bond motifs is 6. The van der Waals surface area contributed by atoms with Crippen LogP contribution in [-0.2, 0) is 26.2 Å². The fourth-order valence-corrected chi connectivity index (χ4v) is 4.48. The molecule has 8 heteroatoms. The molecule has 0 spiro atoms. The molecule has 1 fully saturated rings. The Balaban J connectivity index is 1.41. The van der Waals surface area contributed by atoms with E-state index in [1.165, 1.54) is 0 Å². The van der Waals surface area contributed by atoms with Crippen LogP contribution in [0.4, 0.5) is 0 Å². The number of carbonyl (C=O) groups excluding carboxylic acids is 1. The van der Waals surface area contributed by atoms with Gasteiger partial charge in [-0.15, -0.1) is 0 Å². The van der Waals surface area contributed by atoms with Gasteiger partial charge in [0.1, 0.15) is 11.8 Å². The van der Waals surface area contributed by atoms with Gasteiger partial charge in [-0.2, -0.15) is 0 Å². The van der Waals surface area contributed by atoms with Gasteiger partial charge in [-0.1, -0.05) is 42.5 Å². The van der Waals surface area contributed by atoms with Crippen molar-refractivity contribution in [2.24, 2.45) is 0 Å². The van der Waals surface area contributed by atoms with Crippen molar-refractivity contribution in [1.82, 2.24) is 5.32 Å². The molecule has 0 radical (unpaired) electrons. The quantitative estimate of drug-likeness (QED) is 0.438. The second-order valence-electron chi connectivity index (χ2n) is 7.45. The predicted octanol–water partition coefficient (Wildman–Crippen LogP) is 2.16. The highest BCUT2D eigenvalue weighted by atomic mass is 16.6. The van der Waals surface area contributed by atoms with Crippen LogP contribution in [0.5, 0.6) is 0 Å². The van der Waals surface area contributed by atoms with Gasteiger partial charge in [-0.25, -0.2) is 0 Å². The largest absolute Gasteiger partial charge is 0.635 e. The number of rotatable bonds is 6. The average Bonchev–Trinajstić information content (AvgIpc) is 3.41. The Labute approximate surface area is 167 Å². The maximum atomic E-state index is 13.3. The molecule has 0 saturated carbocycles. The van der Waals surface area contributed by atoms with Gasteiger partial charge < -0.3 is 29.2 Å². The average molecular weight is 393 g/mol. The van der Waals surface area contributed by atoms with Crippen molar-refractivity contribution >= 4 is 24.2 Å². The van der Waals surface area contributed by atoms with E-state index in [9.17, 15) is 14.8 Å². The third-order valence-corrected chi connectivity index (χ3v) is 5.76. The summed E-state index contributed by atoms with van der Waals surface area (Å²) in [5.74, 6) is -0.344. The fourth-order valence-electron chi connectivity index (χ4n) is 4.48. The Kier molecular flexibility index (Phi) is 4.44. The van der Waals surface area contributed by atoms with Gasteiger partial charge in [0.05, 0.1) is 12.4 Å². The summed E-state index contributed by atoms with van der Waals surface area (Å²) in [5, 5.41) is 22.4. The number of hydrogen-bond acceptors (Lipinski definition) is 6. The van der Waals surface area contributed by atoms with E-state index in [2.05, 4.69) is 5.32 Å². The summed E-state index contributed by atoms with van der Waals surface area (Å²) in [6.07, 6.45) is 2.09. The molecule has 3 atom stereocenters. The number of ether oxygens (including phenoxy) is 1. The first-order chi connectivity index (χ1) is 14.1. The Hall–Kier alpha value is -2.65. The van der Waals surface area contributed by atoms with Crippen molar-refractivity contribution in [2.45, 2.75) is 37.2 Å². The van der Waals surface area contributed by atoms with Crippen molar-refractivity contribution in [3.63, 3.8) is 0 Å². The van der Waals surface area contributed by atoms with Crippen molar-refractivity contribution in [3.8, 4) is 0 Å². The predicted molar refractivity (Wildman–Crippen MR) is 104 cm³/mol. The monoisotopic (exact) mass is 393 g/mol. The minimum Gasteiger partial charge on any atom is -0.464 e. The zero-order chi connectivity index (χ0) is 20.0. The zero-order valence-electron chi connectivity index (χ0n) is 15.6. The number of carbonyl (C=O) groups is 1. The third kappa shape index (κ3) is 3.05. The number of benzene rings is 2. The standard InChI is InChI=1S/C21H20BNO6/c24-20(21-10-9-18(28-21)15-6-1-3-7-16(15)21)23-19(29-22(25)26)11-13-12-27-17-8-4-2-5-14(13)17/h1-8,12,18-19,25-26H,9-11H2,(H,23,24)/t18-,19+,21+/m1/s1. The maximum Gasteiger partial charge on any atom is 0.635 e. The van der Waals surface area contributed by atoms with Crippen LogP contribution in [0.15, 0.2) is 59.2 Å². The lowest BCUT2D eigenvalue weighted by atomic mass is 9.81.